The number of carboxylic acids is 1. The Bertz CT molecular complexity index is 499. The highest BCUT2D eigenvalue weighted by Crippen LogP contribution is 2.31. The van der Waals surface area contributed by atoms with Crippen LogP contribution in [0, 0.1) is 16.0 Å². The average Bonchev–Trinajstić information content (AvgIpc) is 3.11. The topological polar surface area (TPSA) is 96.6 Å². The summed E-state index contributed by atoms with van der Waals surface area (Å²) >= 11 is 0. The zero-order valence-corrected chi connectivity index (χ0v) is 9.87. The van der Waals surface area contributed by atoms with E-state index in [-0.39, 0.29) is 5.56 Å². The van der Waals surface area contributed by atoms with Gasteiger partial charge in [0.1, 0.15) is 17.6 Å². The number of hydrogen-bond donors (Lipinski definition) is 1. The van der Waals surface area contributed by atoms with E-state index < -0.39 is 16.6 Å². The van der Waals surface area contributed by atoms with Crippen LogP contribution in [0.15, 0.2) is 12.3 Å². The number of rotatable bonds is 5. The molecule has 1 aromatic heterocycles. The van der Waals surface area contributed by atoms with Crippen molar-refractivity contribution in [3.63, 3.8) is 0 Å². The Morgan fingerprint density at radius 1 is 1.67 bits per heavy atom. The maximum absolute atomic E-state index is 11.0. The van der Waals surface area contributed by atoms with Gasteiger partial charge in [0.2, 0.25) is 0 Å². The van der Waals surface area contributed by atoms with E-state index in [1.54, 1.807) is 7.05 Å². The monoisotopic (exact) mass is 251 g/mol. The van der Waals surface area contributed by atoms with E-state index in [4.69, 9.17) is 5.11 Å². The Morgan fingerprint density at radius 3 is 2.83 bits per heavy atom. The molecule has 18 heavy (non-hydrogen) atoms. The lowest BCUT2D eigenvalue weighted by molar-refractivity contribution is -0.385. The van der Waals surface area contributed by atoms with Gasteiger partial charge in [-0.25, -0.2) is 9.78 Å². The third kappa shape index (κ3) is 2.55. The minimum Gasteiger partial charge on any atom is -0.477 e. The molecule has 0 spiro atoms. The molecule has 1 aromatic rings. The third-order valence-corrected chi connectivity index (χ3v) is 2.92. The Kier molecular flexibility index (Phi) is 3.14. The minimum absolute atomic E-state index is 0.326. The maximum atomic E-state index is 11.0. The molecular formula is C11H13N3O4. The van der Waals surface area contributed by atoms with Crippen LogP contribution >= 0.6 is 0 Å². The van der Waals surface area contributed by atoms with Crippen molar-refractivity contribution in [2.45, 2.75) is 12.8 Å². The summed E-state index contributed by atoms with van der Waals surface area (Å²) < 4.78 is 0. The minimum atomic E-state index is -1.31. The highest BCUT2D eigenvalue weighted by Gasteiger charge is 2.25. The van der Waals surface area contributed by atoms with E-state index in [1.165, 1.54) is 18.9 Å². The van der Waals surface area contributed by atoms with E-state index >= 15 is 0 Å². The van der Waals surface area contributed by atoms with Crippen LogP contribution in [-0.4, -0.2) is 34.6 Å². The van der Waals surface area contributed by atoms with Crippen LogP contribution in [0.2, 0.25) is 0 Å². The molecule has 0 aromatic carbocycles. The van der Waals surface area contributed by atoms with E-state index in [9.17, 15) is 14.9 Å². The van der Waals surface area contributed by atoms with Crippen molar-refractivity contribution in [2.24, 2.45) is 5.92 Å². The van der Waals surface area contributed by atoms with Crippen molar-refractivity contribution >= 4 is 17.5 Å². The lowest BCUT2D eigenvalue weighted by Crippen LogP contribution is -2.21. The van der Waals surface area contributed by atoms with Gasteiger partial charge in [-0.15, -0.1) is 0 Å². The van der Waals surface area contributed by atoms with Crippen molar-refractivity contribution in [3.05, 3.63) is 27.9 Å². The molecule has 0 amide bonds. The fraction of sp³-hybridized carbons (Fsp3) is 0.455. The first-order valence-electron chi connectivity index (χ1n) is 5.58. The van der Waals surface area contributed by atoms with Crippen LogP contribution in [0.1, 0.15) is 23.2 Å². The summed E-state index contributed by atoms with van der Waals surface area (Å²) in [5.41, 5.74) is -0.807. The van der Waals surface area contributed by atoms with E-state index in [0.29, 0.717) is 11.7 Å². The molecule has 1 N–H and O–H groups in total. The van der Waals surface area contributed by atoms with Gasteiger partial charge in [-0.05, 0) is 18.8 Å². The van der Waals surface area contributed by atoms with Crippen LogP contribution in [-0.2, 0) is 0 Å². The number of nitrogens with zero attached hydrogens (tertiary/aromatic N) is 3. The summed E-state index contributed by atoms with van der Waals surface area (Å²) in [6, 6.07) is 1.25. The first-order valence-corrected chi connectivity index (χ1v) is 5.58. The molecule has 1 aliphatic carbocycles. The number of carbonyl (C=O) groups is 1. The molecule has 1 saturated carbocycles. The summed E-state index contributed by atoms with van der Waals surface area (Å²) in [5, 5.41) is 19.6. The summed E-state index contributed by atoms with van der Waals surface area (Å²) in [6.07, 6.45) is 3.34. The van der Waals surface area contributed by atoms with E-state index in [2.05, 4.69) is 4.98 Å². The SMILES string of the molecule is CN(CC1CC1)c1cc(C(=O)O)c([N+](=O)[O-])cn1. The number of pyridine rings is 1. The van der Waals surface area contributed by atoms with Gasteiger partial charge in [0.25, 0.3) is 0 Å². The largest absolute Gasteiger partial charge is 0.477 e. The van der Waals surface area contributed by atoms with Crippen molar-refractivity contribution in [1.82, 2.24) is 4.98 Å². The van der Waals surface area contributed by atoms with Gasteiger partial charge in [0.05, 0.1) is 4.92 Å². The quantitative estimate of drug-likeness (QED) is 0.629. The molecule has 7 nitrogen and oxygen atoms in total. The van der Waals surface area contributed by atoms with Crippen LogP contribution in [0.25, 0.3) is 0 Å². The highest BCUT2D eigenvalue weighted by molar-refractivity contribution is 5.93. The molecule has 0 aliphatic heterocycles. The zero-order valence-electron chi connectivity index (χ0n) is 9.87. The molecule has 96 valence electrons. The molecule has 0 saturated heterocycles. The van der Waals surface area contributed by atoms with Crippen molar-refractivity contribution in [1.29, 1.82) is 0 Å². The van der Waals surface area contributed by atoms with Gasteiger partial charge >= 0.3 is 11.7 Å². The molecule has 0 radical (unpaired) electrons. The fourth-order valence-electron chi connectivity index (χ4n) is 1.74. The molecule has 7 heteroatoms. The summed E-state index contributed by atoms with van der Waals surface area (Å²) in [6.45, 7) is 0.796. The van der Waals surface area contributed by atoms with Crippen molar-refractivity contribution in [3.8, 4) is 0 Å². The standard InChI is InChI=1S/C11H13N3O4/c1-13(6-7-2-3-7)10-4-8(11(15)16)9(5-12-10)14(17)18/h4-5,7H,2-3,6H2,1H3,(H,15,16). The van der Waals surface area contributed by atoms with Crippen molar-refractivity contribution in [2.75, 3.05) is 18.5 Å². The molecule has 1 fully saturated rings. The predicted molar refractivity (Wildman–Crippen MR) is 63.8 cm³/mol. The first kappa shape index (κ1) is 12.3. The number of hydrogen-bond acceptors (Lipinski definition) is 5. The Morgan fingerprint density at radius 2 is 2.33 bits per heavy atom. The molecular weight excluding hydrogens is 238 g/mol. The Hall–Kier alpha value is -2.18. The molecule has 0 atom stereocenters. The number of aromatic nitrogens is 1. The summed E-state index contributed by atoms with van der Waals surface area (Å²) in [5.74, 6) is -0.240. The summed E-state index contributed by atoms with van der Waals surface area (Å²) in [4.78, 5) is 26.7. The second kappa shape index (κ2) is 4.59. The van der Waals surface area contributed by atoms with Crippen LogP contribution < -0.4 is 4.90 Å². The lowest BCUT2D eigenvalue weighted by Gasteiger charge is -2.17. The molecule has 0 bridgehead atoms. The van der Waals surface area contributed by atoms with E-state index in [0.717, 1.165) is 12.7 Å². The number of aromatic carboxylic acids is 1. The molecule has 2 rings (SSSR count). The maximum Gasteiger partial charge on any atom is 0.342 e. The first-order chi connectivity index (χ1) is 8.49. The Labute approximate surface area is 103 Å². The van der Waals surface area contributed by atoms with Gasteiger partial charge < -0.3 is 10.0 Å². The second-order valence-electron chi connectivity index (χ2n) is 4.45. The average molecular weight is 251 g/mol. The number of carboxylic acid groups (broad SMARTS) is 1. The van der Waals surface area contributed by atoms with Crippen LogP contribution in [0.5, 0.6) is 0 Å². The third-order valence-electron chi connectivity index (χ3n) is 2.92. The van der Waals surface area contributed by atoms with Gasteiger partial charge in [0.15, 0.2) is 0 Å². The van der Waals surface area contributed by atoms with E-state index in [1.807, 2.05) is 4.90 Å². The van der Waals surface area contributed by atoms with Crippen LogP contribution in [0.4, 0.5) is 11.5 Å². The Balaban J connectivity index is 2.29. The normalized spacial score (nSPS) is 14.3. The number of nitro groups is 1. The summed E-state index contributed by atoms with van der Waals surface area (Å²) in [7, 11) is 1.80. The number of anilines is 1. The lowest BCUT2D eigenvalue weighted by atomic mass is 10.2. The van der Waals surface area contributed by atoms with Gasteiger partial charge in [-0.2, -0.15) is 0 Å². The fourth-order valence-corrected chi connectivity index (χ4v) is 1.74. The smallest absolute Gasteiger partial charge is 0.342 e. The van der Waals surface area contributed by atoms with Crippen molar-refractivity contribution < 1.29 is 14.8 Å². The molecule has 1 heterocycles. The molecule has 1 aliphatic rings. The van der Waals surface area contributed by atoms with Gasteiger partial charge in [-0.1, -0.05) is 0 Å². The van der Waals surface area contributed by atoms with Crippen LogP contribution in [0.3, 0.4) is 0 Å². The zero-order chi connectivity index (χ0) is 13.3. The van der Waals surface area contributed by atoms with Gasteiger partial charge in [-0.3, -0.25) is 10.1 Å². The highest BCUT2D eigenvalue weighted by atomic mass is 16.6. The van der Waals surface area contributed by atoms with Gasteiger partial charge in [0, 0.05) is 19.7 Å². The molecule has 0 unspecified atom stereocenters. The second-order valence-corrected chi connectivity index (χ2v) is 4.45. The predicted octanol–water partition coefficient (Wildman–Crippen LogP) is 1.53.